The second-order valence-electron chi connectivity index (χ2n) is 6.59. The highest BCUT2D eigenvalue weighted by molar-refractivity contribution is 9.10. The van der Waals surface area contributed by atoms with Crippen LogP contribution in [0, 0.1) is 0 Å². The molecule has 0 N–H and O–H groups in total. The molecule has 124 valence electrons. The van der Waals surface area contributed by atoms with Gasteiger partial charge in [-0.3, -0.25) is 4.79 Å². The fourth-order valence-electron chi connectivity index (χ4n) is 3.59. The van der Waals surface area contributed by atoms with Crippen LogP contribution >= 0.6 is 15.9 Å². The van der Waals surface area contributed by atoms with E-state index in [0.717, 1.165) is 23.1 Å². The van der Waals surface area contributed by atoms with Crippen molar-refractivity contribution in [2.75, 3.05) is 26.2 Å². The summed E-state index contributed by atoms with van der Waals surface area (Å²) in [5.74, 6) is 0.0786. The molecule has 0 aromatic heterocycles. The number of nitrogens with zero attached hydrogens (tertiary/aromatic N) is 2. The van der Waals surface area contributed by atoms with E-state index in [1.165, 1.54) is 45.2 Å². The standard InChI is InChI=1S/C19H25BrN2O/c20-17-7-4-6-16(14-17)19(23)9-13-22-12-5-8-18(22)15-21-10-2-1-3-11-21/h4,6-7,9,13-14,18H,1-3,5,8,10-12,15H2/t18-/m0/s1. The lowest BCUT2D eigenvalue weighted by Crippen LogP contribution is -2.40. The van der Waals surface area contributed by atoms with Crippen LogP contribution in [0.4, 0.5) is 0 Å². The Morgan fingerprint density at radius 2 is 2.00 bits per heavy atom. The zero-order valence-electron chi connectivity index (χ0n) is 13.6. The highest BCUT2D eigenvalue weighted by Crippen LogP contribution is 2.21. The van der Waals surface area contributed by atoms with Gasteiger partial charge in [-0.05, 0) is 50.9 Å². The van der Waals surface area contributed by atoms with Crippen LogP contribution in [0.25, 0.3) is 0 Å². The lowest BCUT2D eigenvalue weighted by molar-refractivity contribution is 0.104. The maximum Gasteiger partial charge on any atom is 0.187 e. The molecule has 2 saturated heterocycles. The minimum absolute atomic E-state index is 0.0786. The van der Waals surface area contributed by atoms with Gasteiger partial charge in [0.15, 0.2) is 5.78 Å². The number of likely N-dealkylation sites (tertiary alicyclic amines) is 2. The third-order valence-electron chi connectivity index (χ3n) is 4.87. The van der Waals surface area contributed by atoms with Crippen molar-refractivity contribution in [3.63, 3.8) is 0 Å². The van der Waals surface area contributed by atoms with Crippen molar-refractivity contribution in [1.82, 2.24) is 9.80 Å². The van der Waals surface area contributed by atoms with E-state index in [1.54, 1.807) is 6.08 Å². The fraction of sp³-hybridized carbons (Fsp3) is 0.526. The van der Waals surface area contributed by atoms with Crippen molar-refractivity contribution in [1.29, 1.82) is 0 Å². The number of hydrogen-bond donors (Lipinski definition) is 0. The molecule has 1 aromatic rings. The first-order valence-electron chi connectivity index (χ1n) is 8.68. The summed E-state index contributed by atoms with van der Waals surface area (Å²) in [5.41, 5.74) is 0.738. The van der Waals surface area contributed by atoms with E-state index < -0.39 is 0 Å². The molecule has 0 saturated carbocycles. The van der Waals surface area contributed by atoms with Crippen LogP contribution in [0.3, 0.4) is 0 Å². The maximum atomic E-state index is 12.3. The minimum Gasteiger partial charge on any atom is -0.373 e. The average Bonchev–Trinajstić information content (AvgIpc) is 3.00. The van der Waals surface area contributed by atoms with Gasteiger partial charge >= 0.3 is 0 Å². The smallest absolute Gasteiger partial charge is 0.187 e. The topological polar surface area (TPSA) is 23.6 Å². The van der Waals surface area contributed by atoms with Crippen molar-refractivity contribution in [2.45, 2.75) is 38.1 Å². The van der Waals surface area contributed by atoms with Crippen molar-refractivity contribution in [3.05, 3.63) is 46.6 Å². The van der Waals surface area contributed by atoms with Crippen LogP contribution in [-0.4, -0.2) is 47.8 Å². The average molecular weight is 377 g/mol. The molecular weight excluding hydrogens is 352 g/mol. The number of carbonyl (C=O) groups is 1. The molecule has 0 amide bonds. The van der Waals surface area contributed by atoms with Crippen molar-refractivity contribution in [3.8, 4) is 0 Å². The quantitative estimate of drug-likeness (QED) is 0.570. The molecule has 2 aliphatic heterocycles. The van der Waals surface area contributed by atoms with Crippen LogP contribution in [0.2, 0.25) is 0 Å². The Labute approximate surface area is 147 Å². The Hall–Kier alpha value is -1.13. The summed E-state index contributed by atoms with van der Waals surface area (Å²) in [6, 6.07) is 8.16. The van der Waals surface area contributed by atoms with Crippen LogP contribution in [0.1, 0.15) is 42.5 Å². The molecule has 0 aliphatic carbocycles. The second-order valence-corrected chi connectivity index (χ2v) is 7.50. The van der Waals surface area contributed by atoms with Crippen molar-refractivity contribution >= 4 is 21.7 Å². The second kappa shape index (κ2) is 8.11. The maximum absolute atomic E-state index is 12.3. The molecule has 23 heavy (non-hydrogen) atoms. The molecule has 2 fully saturated rings. The largest absolute Gasteiger partial charge is 0.373 e. The van der Waals surface area contributed by atoms with Gasteiger partial charge in [-0.25, -0.2) is 0 Å². The monoisotopic (exact) mass is 376 g/mol. The molecule has 3 rings (SSSR count). The Kier molecular flexibility index (Phi) is 5.90. The summed E-state index contributed by atoms with van der Waals surface area (Å²) < 4.78 is 0.945. The van der Waals surface area contributed by atoms with E-state index in [2.05, 4.69) is 25.7 Å². The van der Waals surface area contributed by atoms with Gasteiger partial charge in [0, 0.05) is 41.4 Å². The van der Waals surface area contributed by atoms with Gasteiger partial charge in [-0.15, -0.1) is 0 Å². The van der Waals surface area contributed by atoms with E-state index in [1.807, 2.05) is 30.5 Å². The molecule has 0 radical (unpaired) electrons. The number of carbonyl (C=O) groups excluding carboxylic acids is 1. The highest BCUT2D eigenvalue weighted by atomic mass is 79.9. The number of hydrogen-bond acceptors (Lipinski definition) is 3. The molecule has 0 bridgehead atoms. The molecule has 2 aliphatic rings. The summed E-state index contributed by atoms with van der Waals surface area (Å²) in [5, 5.41) is 0. The molecule has 0 spiro atoms. The summed E-state index contributed by atoms with van der Waals surface area (Å²) in [7, 11) is 0. The van der Waals surface area contributed by atoms with Crippen LogP contribution in [-0.2, 0) is 0 Å². The van der Waals surface area contributed by atoms with Crippen molar-refractivity contribution in [2.24, 2.45) is 0 Å². The van der Waals surface area contributed by atoms with Gasteiger partial charge in [0.25, 0.3) is 0 Å². The first kappa shape index (κ1) is 16.7. The zero-order chi connectivity index (χ0) is 16.1. The number of rotatable bonds is 5. The van der Waals surface area contributed by atoms with Gasteiger partial charge in [0.1, 0.15) is 0 Å². The number of halogens is 1. The zero-order valence-corrected chi connectivity index (χ0v) is 15.2. The molecule has 3 nitrogen and oxygen atoms in total. The van der Waals surface area contributed by atoms with Gasteiger partial charge in [-0.2, -0.15) is 0 Å². The van der Waals surface area contributed by atoms with Crippen LogP contribution in [0.5, 0.6) is 0 Å². The van der Waals surface area contributed by atoms with Gasteiger partial charge in [-0.1, -0.05) is 34.5 Å². The predicted molar refractivity (Wildman–Crippen MR) is 97.6 cm³/mol. The molecule has 0 unspecified atom stereocenters. The Bertz CT molecular complexity index is 566. The molecule has 1 aromatic carbocycles. The Balaban J connectivity index is 1.58. The lowest BCUT2D eigenvalue weighted by Gasteiger charge is -2.32. The Morgan fingerprint density at radius 1 is 1.17 bits per heavy atom. The lowest BCUT2D eigenvalue weighted by atomic mass is 10.1. The van der Waals surface area contributed by atoms with Gasteiger partial charge in [0.2, 0.25) is 0 Å². The van der Waals surface area contributed by atoms with Crippen LogP contribution in [0.15, 0.2) is 41.0 Å². The predicted octanol–water partition coefficient (Wildman–Crippen LogP) is 4.10. The molecule has 4 heteroatoms. The van der Waals surface area contributed by atoms with E-state index in [4.69, 9.17) is 0 Å². The SMILES string of the molecule is O=C(C=CN1CCC[C@H]1CN1CCCCC1)c1cccc(Br)c1. The summed E-state index contributed by atoms with van der Waals surface area (Å²) >= 11 is 3.42. The van der Waals surface area contributed by atoms with E-state index in [9.17, 15) is 4.79 Å². The number of piperidine rings is 1. The van der Waals surface area contributed by atoms with Crippen LogP contribution < -0.4 is 0 Å². The summed E-state index contributed by atoms with van der Waals surface area (Å²) in [4.78, 5) is 17.3. The highest BCUT2D eigenvalue weighted by Gasteiger charge is 2.24. The first-order valence-corrected chi connectivity index (χ1v) is 9.48. The number of ketones is 1. The molecule has 2 heterocycles. The normalized spacial score (nSPS) is 22.8. The van der Waals surface area contributed by atoms with Gasteiger partial charge in [0.05, 0.1) is 0 Å². The summed E-state index contributed by atoms with van der Waals surface area (Å²) in [6.07, 6.45) is 10.3. The third kappa shape index (κ3) is 4.67. The minimum atomic E-state index is 0.0786. The fourth-order valence-corrected chi connectivity index (χ4v) is 3.99. The third-order valence-corrected chi connectivity index (χ3v) is 5.36. The Morgan fingerprint density at radius 3 is 2.78 bits per heavy atom. The number of allylic oxidation sites excluding steroid dienone is 1. The van der Waals surface area contributed by atoms with E-state index in [0.29, 0.717) is 6.04 Å². The first-order chi connectivity index (χ1) is 11.2. The van der Waals surface area contributed by atoms with E-state index >= 15 is 0 Å². The molecular formula is C19H25BrN2O. The van der Waals surface area contributed by atoms with Gasteiger partial charge < -0.3 is 9.80 Å². The summed E-state index contributed by atoms with van der Waals surface area (Å²) in [6.45, 7) is 4.70. The van der Waals surface area contributed by atoms with E-state index in [-0.39, 0.29) is 5.78 Å². The van der Waals surface area contributed by atoms with Crippen molar-refractivity contribution < 1.29 is 4.79 Å². The molecule has 1 atom stereocenters. The number of benzene rings is 1.